The zero-order valence-electron chi connectivity index (χ0n) is 17.0. The summed E-state index contributed by atoms with van der Waals surface area (Å²) in [7, 11) is -0.446. The topological polar surface area (TPSA) is 39.8 Å². The first-order chi connectivity index (χ1) is 14.9. The van der Waals surface area contributed by atoms with Gasteiger partial charge in [-0.2, -0.15) is 0 Å². The van der Waals surface area contributed by atoms with Crippen LogP contribution in [0.25, 0.3) is 0 Å². The maximum absolute atomic E-state index is 7.50. The van der Waals surface area contributed by atoms with Crippen molar-refractivity contribution in [3.05, 3.63) is 141 Å². The molecule has 0 unspecified atom stereocenters. The molecule has 3 aromatic rings. The molecular weight excluding hydrogens is 571 g/mol. The Morgan fingerprint density at radius 2 is 0.774 bits per heavy atom. The van der Waals surface area contributed by atoms with Crippen molar-refractivity contribution in [1.82, 2.24) is 0 Å². The summed E-state index contributed by atoms with van der Waals surface area (Å²) >= 11 is 0. The summed E-state index contributed by atoms with van der Waals surface area (Å²) in [4.78, 5) is 0. The number of hydrogen-bond donors (Lipinski definition) is 0. The van der Waals surface area contributed by atoms with Gasteiger partial charge in [-0.1, -0.05) is 127 Å². The van der Waals surface area contributed by atoms with Crippen LogP contribution < -0.4 is 15.9 Å². The average Bonchev–Trinajstić information content (AvgIpc) is 3.18. The third-order valence-corrected chi connectivity index (χ3v) is 6.36. The molecule has 0 heterocycles. The molecule has 4 rings (SSSR count). The Morgan fingerprint density at radius 1 is 0.484 bits per heavy atom. The van der Waals surface area contributed by atoms with E-state index < -0.39 is 7.92 Å². The molecule has 0 saturated heterocycles. The normalized spacial score (nSPS) is 10.5. The first-order valence-corrected chi connectivity index (χ1v) is 10.6. The first-order valence-electron chi connectivity index (χ1n) is 9.29. The van der Waals surface area contributed by atoms with Gasteiger partial charge in [0.1, 0.15) is 0 Å². The van der Waals surface area contributed by atoms with Crippen LogP contribution in [0.1, 0.15) is 6.42 Å². The zero-order chi connectivity index (χ0) is 21.9. The molecule has 0 aromatic heterocycles. The van der Waals surface area contributed by atoms with Gasteiger partial charge in [0.15, 0.2) is 0 Å². The molecule has 0 atom stereocenters. The molecule has 1 aliphatic rings. The molecule has 0 radical (unpaired) electrons. The molecule has 1 aliphatic carbocycles. The van der Waals surface area contributed by atoms with Crippen molar-refractivity contribution in [2.45, 2.75) is 6.42 Å². The number of allylic oxidation sites excluding steroid dienone is 6. The molecule has 31 heavy (non-hydrogen) atoms. The van der Waals surface area contributed by atoms with Gasteiger partial charge in [0.2, 0.25) is 0 Å². The smallest absolute Gasteiger partial charge is 0 e. The number of rotatable bonds is 3. The third-order valence-electron chi connectivity index (χ3n) is 3.92. The molecule has 154 valence electrons. The van der Waals surface area contributed by atoms with Gasteiger partial charge in [0.25, 0.3) is 0 Å². The predicted molar refractivity (Wildman–Crippen MR) is 125 cm³/mol. The summed E-state index contributed by atoms with van der Waals surface area (Å²) in [5, 5.41) is 4.19. The monoisotopic (exact) mass is 594 g/mol. The molecule has 4 heteroatoms. The Morgan fingerprint density at radius 3 is 1.06 bits per heavy atom. The molecule has 0 fully saturated rings. The van der Waals surface area contributed by atoms with E-state index in [0.29, 0.717) is 0 Å². The van der Waals surface area contributed by atoms with Crippen molar-refractivity contribution in [2.24, 2.45) is 0 Å². The van der Waals surface area contributed by atoms with Gasteiger partial charge in [-0.3, -0.25) is 0 Å². The quantitative estimate of drug-likeness (QED) is 0.221. The zero-order valence-corrected chi connectivity index (χ0v) is 20.8. The Balaban J connectivity index is 0.000000633. The van der Waals surface area contributed by atoms with Crippen LogP contribution in [0.2, 0.25) is 0 Å². The molecule has 0 bridgehead atoms. The van der Waals surface area contributed by atoms with Crippen LogP contribution in [0.4, 0.5) is 0 Å². The fourth-order valence-corrected chi connectivity index (χ4v) is 5.00. The second kappa shape index (κ2) is 19.4. The predicted octanol–water partition coefficient (Wildman–Crippen LogP) is 5.43. The largest absolute Gasteiger partial charge is 0.0622 e. The molecular formula is C27H23O2PW. The molecule has 0 spiro atoms. The van der Waals surface area contributed by atoms with Crippen molar-refractivity contribution in [3.8, 4) is 0 Å². The van der Waals surface area contributed by atoms with Gasteiger partial charge in [-0.25, -0.2) is 0 Å². The van der Waals surface area contributed by atoms with E-state index in [9.17, 15) is 0 Å². The van der Waals surface area contributed by atoms with Gasteiger partial charge in [-0.05, 0) is 30.3 Å². The van der Waals surface area contributed by atoms with E-state index in [4.69, 9.17) is 9.30 Å². The first kappa shape index (κ1) is 28.5. The van der Waals surface area contributed by atoms with Crippen molar-refractivity contribution in [1.29, 1.82) is 0 Å². The fraction of sp³-hybridized carbons (Fsp3) is 0.0370. The van der Waals surface area contributed by atoms with Crippen molar-refractivity contribution in [2.75, 3.05) is 0 Å². The molecule has 2 nitrogen and oxygen atoms in total. The SMILES string of the molecule is C1=CC=CCC=C1.[C-]#[O+].[C-]#[O+].[W].c1ccc(P(c2ccccc2)c2ccccc2)cc1. The van der Waals surface area contributed by atoms with Gasteiger partial charge in [0.05, 0.1) is 0 Å². The Kier molecular flexibility index (Phi) is 17.9. The standard InChI is InChI=1S/C18H15P.C7H8.2CO.W/c1-4-10-16(11-5-1)19(17-12-6-2-7-13-17)18-14-8-3-9-15-18;1-2-4-6-7-5-3-1;2*1-2;/h1-15H;1-6H,7H2;;;. The van der Waals surface area contributed by atoms with Crippen LogP contribution in [0.15, 0.2) is 127 Å². The number of benzene rings is 3. The molecule has 0 saturated carbocycles. The van der Waals surface area contributed by atoms with E-state index in [1.165, 1.54) is 15.9 Å². The summed E-state index contributed by atoms with van der Waals surface area (Å²) in [6.45, 7) is 9.00. The maximum atomic E-state index is 7.50. The van der Waals surface area contributed by atoms with Crippen LogP contribution in [-0.4, -0.2) is 0 Å². The molecule has 0 amide bonds. The molecule has 0 N–H and O–H groups in total. The van der Waals surface area contributed by atoms with Crippen LogP contribution >= 0.6 is 7.92 Å². The Labute approximate surface area is 200 Å². The second-order valence-electron chi connectivity index (χ2n) is 5.82. The van der Waals surface area contributed by atoms with E-state index in [1.807, 2.05) is 12.2 Å². The second-order valence-corrected chi connectivity index (χ2v) is 8.04. The number of hydrogen-bond acceptors (Lipinski definition) is 0. The fourth-order valence-electron chi connectivity index (χ4n) is 2.70. The van der Waals surface area contributed by atoms with Gasteiger partial charge >= 0.3 is 22.6 Å². The van der Waals surface area contributed by atoms with E-state index in [2.05, 4.69) is 129 Å². The Bertz CT molecular complexity index is 833. The van der Waals surface area contributed by atoms with E-state index >= 15 is 0 Å². The minimum Gasteiger partial charge on any atom is -0.0622 e. The van der Waals surface area contributed by atoms with E-state index in [-0.39, 0.29) is 21.1 Å². The van der Waals surface area contributed by atoms with Crippen molar-refractivity contribution in [3.63, 3.8) is 0 Å². The van der Waals surface area contributed by atoms with E-state index in [0.717, 1.165) is 6.42 Å². The van der Waals surface area contributed by atoms with Crippen LogP contribution in [0, 0.1) is 13.3 Å². The maximum Gasteiger partial charge on any atom is 0 e. The average molecular weight is 594 g/mol. The summed E-state index contributed by atoms with van der Waals surface area (Å²) < 4.78 is 15.0. The summed E-state index contributed by atoms with van der Waals surface area (Å²) in [6, 6.07) is 32.3. The van der Waals surface area contributed by atoms with Crippen LogP contribution in [0.3, 0.4) is 0 Å². The summed E-state index contributed by atoms with van der Waals surface area (Å²) in [5.41, 5.74) is 0. The van der Waals surface area contributed by atoms with Gasteiger partial charge in [-0.15, -0.1) is 0 Å². The third kappa shape index (κ3) is 10.9. The molecule has 3 aromatic carbocycles. The van der Waals surface area contributed by atoms with Gasteiger partial charge < -0.3 is 0 Å². The van der Waals surface area contributed by atoms with Gasteiger partial charge in [0, 0.05) is 21.1 Å². The van der Waals surface area contributed by atoms with E-state index in [1.54, 1.807) is 0 Å². The Hall–Kier alpha value is -2.52. The minimum atomic E-state index is -0.446. The van der Waals surface area contributed by atoms with Crippen LogP contribution in [-0.2, 0) is 30.4 Å². The minimum absolute atomic E-state index is 0. The van der Waals surface area contributed by atoms with Crippen LogP contribution in [0.5, 0.6) is 0 Å². The molecule has 0 aliphatic heterocycles. The van der Waals surface area contributed by atoms with Crippen molar-refractivity contribution >= 4 is 23.8 Å². The van der Waals surface area contributed by atoms with Crippen molar-refractivity contribution < 1.29 is 30.4 Å². The summed E-state index contributed by atoms with van der Waals surface area (Å²) in [6.07, 6.45) is 13.5. The summed E-state index contributed by atoms with van der Waals surface area (Å²) in [5.74, 6) is 0.